The van der Waals surface area contributed by atoms with Gasteiger partial charge in [-0.1, -0.05) is 6.92 Å². The second kappa shape index (κ2) is 7.06. The molecule has 1 rings (SSSR count). The van der Waals surface area contributed by atoms with Crippen LogP contribution in [0.2, 0.25) is 0 Å². The van der Waals surface area contributed by atoms with Crippen molar-refractivity contribution < 1.29 is 18.3 Å². The molecule has 20 heavy (non-hydrogen) atoms. The molecule has 0 spiro atoms. The first kappa shape index (κ1) is 16.9. The Balaban J connectivity index is 3.25. The number of hydrogen-bond acceptors (Lipinski definition) is 4. The van der Waals surface area contributed by atoms with E-state index in [-0.39, 0.29) is 11.5 Å². The first-order valence-corrected chi connectivity index (χ1v) is 8.21. The fraction of sp³-hybridized carbons (Fsp3) is 0.571. The molecule has 0 aromatic heterocycles. The third kappa shape index (κ3) is 3.94. The van der Waals surface area contributed by atoms with Gasteiger partial charge >= 0.3 is 0 Å². The summed E-state index contributed by atoms with van der Waals surface area (Å²) >= 11 is 0. The summed E-state index contributed by atoms with van der Waals surface area (Å²) in [5, 5.41) is 9.15. The molecule has 0 fully saturated rings. The second-order valence-electron chi connectivity index (χ2n) is 4.73. The quantitative estimate of drug-likeness (QED) is 0.804. The molecule has 0 aliphatic heterocycles. The van der Waals surface area contributed by atoms with Gasteiger partial charge in [-0.2, -0.15) is 0 Å². The van der Waals surface area contributed by atoms with Crippen molar-refractivity contribution in [1.29, 1.82) is 0 Å². The van der Waals surface area contributed by atoms with Crippen molar-refractivity contribution in [3.8, 4) is 5.75 Å². The average molecular weight is 301 g/mol. The van der Waals surface area contributed by atoms with E-state index in [1.807, 2.05) is 27.7 Å². The monoisotopic (exact) mass is 301 g/mol. The predicted molar refractivity (Wildman–Crippen MR) is 78.6 cm³/mol. The number of hydrogen-bond donors (Lipinski definition) is 2. The summed E-state index contributed by atoms with van der Waals surface area (Å²) in [6, 6.07) is 2.84. The van der Waals surface area contributed by atoms with Crippen molar-refractivity contribution in [2.45, 2.75) is 45.1 Å². The van der Waals surface area contributed by atoms with Gasteiger partial charge in [0.1, 0.15) is 10.6 Å². The van der Waals surface area contributed by atoms with Gasteiger partial charge in [0.2, 0.25) is 10.0 Å². The van der Waals surface area contributed by atoms with Crippen molar-refractivity contribution >= 4 is 10.0 Å². The Hall–Kier alpha value is -1.11. The van der Waals surface area contributed by atoms with Gasteiger partial charge in [0, 0.05) is 6.04 Å². The molecule has 1 aromatic rings. The maximum atomic E-state index is 12.4. The van der Waals surface area contributed by atoms with Crippen molar-refractivity contribution in [3.05, 3.63) is 23.3 Å². The molecule has 2 N–H and O–H groups in total. The van der Waals surface area contributed by atoms with E-state index in [1.165, 1.54) is 0 Å². The van der Waals surface area contributed by atoms with E-state index in [0.29, 0.717) is 18.8 Å². The Morgan fingerprint density at radius 3 is 2.35 bits per heavy atom. The van der Waals surface area contributed by atoms with Crippen molar-refractivity contribution in [2.75, 3.05) is 13.2 Å². The van der Waals surface area contributed by atoms with Crippen LogP contribution in [0.15, 0.2) is 17.0 Å². The van der Waals surface area contributed by atoms with Crippen LogP contribution in [-0.2, 0) is 10.0 Å². The molecule has 0 aliphatic rings. The molecule has 114 valence electrons. The predicted octanol–water partition coefficient (Wildman–Crippen LogP) is 1.75. The lowest BCUT2D eigenvalue weighted by Gasteiger charge is -2.18. The Labute approximate surface area is 121 Å². The molecule has 0 saturated heterocycles. The largest absolute Gasteiger partial charge is 0.492 e. The lowest BCUT2D eigenvalue weighted by atomic mass is 10.1. The zero-order chi connectivity index (χ0) is 15.3. The molecular weight excluding hydrogens is 278 g/mol. The van der Waals surface area contributed by atoms with Gasteiger partial charge in [0.05, 0.1) is 13.2 Å². The highest BCUT2D eigenvalue weighted by Gasteiger charge is 2.23. The number of benzene rings is 1. The van der Waals surface area contributed by atoms with Crippen LogP contribution in [0.3, 0.4) is 0 Å². The zero-order valence-corrected chi connectivity index (χ0v) is 13.3. The molecule has 0 heterocycles. The van der Waals surface area contributed by atoms with Gasteiger partial charge < -0.3 is 9.84 Å². The molecule has 1 unspecified atom stereocenters. The van der Waals surface area contributed by atoms with Crippen LogP contribution in [0.5, 0.6) is 5.75 Å². The van der Waals surface area contributed by atoms with Crippen molar-refractivity contribution in [2.24, 2.45) is 0 Å². The van der Waals surface area contributed by atoms with Gasteiger partial charge in [0.15, 0.2) is 0 Å². The fourth-order valence-electron chi connectivity index (χ4n) is 1.77. The van der Waals surface area contributed by atoms with E-state index in [9.17, 15) is 8.42 Å². The minimum Gasteiger partial charge on any atom is -0.492 e. The van der Waals surface area contributed by atoms with Gasteiger partial charge in [-0.15, -0.1) is 0 Å². The summed E-state index contributed by atoms with van der Waals surface area (Å²) in [7, 11) is -3.71. The van der Waals surface area contributed by atoms with Crippen LogP contribution in [0.25, 0.3) is 0 Å². The third-order valence-corrected chi connectivity index (χ3v) is 4.73. The van der Waals surface area contributed by atoms with Crippen LogP contribution in [-0.4, -0.2) is 32.8 Å². The van der Waals surface area contributed by atoms with Gasteiger partial charge in [-0.3, -0.25) is 0 Å². The van der Waals surface area contributed by atoms with E-state index in [1.54, 1.807) is 12.1 Å². The van der Waals surface area contributed by atoms with E-state index in [0.717, 1.165) is 11.1 Å². The summed E-state index contributed by atoms with van der Waals surface area (Å²) in [5.74, 6) is 0.343. The average Bonchev–Trinajstić information content (AvgIpc) is 2.40. The minimum atomic E-state index is -3.71. The molecule has 1 atom stereocenters. The number of aliphatic hydroxyl groups excluding tert-OH is 1. The maximum absolute atomic E-state index is 12.4. The van der Waals surface area contributed by atoms with Crippen LogP contribution in [0.1, 0.15) is 31.4 Å². The van der Waals surface area contributed by atoms with Crippen molar-refractivity contribution in [1.82, 2.24) is 4.72 Å². The standard InChI is InChI=1S/C14H23NO4S/c1-5-12(9-16)15-20(17,18)14-8-11(4)10(3)7-13(14)19-6-2/h7-8,12,15-16H,5-6,9H2,1-4H3. The molecule has 0 saturated carbocycles. The second-order valence-corrected chi connectivity index (χ2v) is 6.41. The Kier molecular flexibility index (Phi) is 5.98. The van der Waals surface area contributed by atoms with E-state index < -0.39 is 16.1 Å². The highest BCUT2D eigenvalue weighted by atomic mass is 32.2. The Bertz CT molecular complexity index is 551. The van der Waals surface area contributed by atoms with Crippen LogP contribution in [0, 0.1) is 13.8 Å². The molecular formula is C14H23NO4S. The summed E-state index contributed by atoms with van der Waals surface area (Å²) in [6.45, 7) is 7.54. The topological polar surface area (TPSA) is 75.6 Å². The number of rotatable bonds is 7. The van der Waals surface area contributed by atoms with Gasteiger partial charge in [-0.25, -0.2) is 13.1 Å². The van der Waals surface area contributed by atoms with E-state index in [4.69, 9.17) is 9.84 Å². The SMILES string of the molecule is CCOc1cc(C)c(C)cc1S(=O)(=O)NC(CC)CO. The summed E-state index contributed by atoms with van der Waals surface area (Å²) in [4.78, 5) is 0.120. The summed E-state index contributed by atoms with van der Waals surface area (Å²) in [5.41, 5.74) is 1.85. The normalized spacial score (nSPS) is 13.2. The Morgan fingerprint density at radius 2 is 1.85 bits per heavy atom. The highest BCUT2D eigenvalue weighted by Crippen LogP contribution is 2.27. The lowest BCUT2D eigenvalue weighted by molar-refractivity contribution is 0.253. The number of sulfonamides is 1. The Morgan fingerprint density at radius 1 is 1.25 bits per heavy atom. The first-order chi connectivity index (χ1) is 9.35. The van der Waals surface area contributed by atoms with Crippen LogP contribution >= 0.6 is 0 Å². The summed E-state index contributed by atoms with van der Waals surface area (Å²) in [6.07, 6.45) is 0.518. The molecule has 6 heteroatoms. The maximum Gasteiger partial charge on any atom is 0.244 e. The van der Waals surface area contributed by atoms with Crippen LogP contribution < -0.4 is 9.46 Å². The fourth-order valence-corrected chi connectivity index (χ4v) is 3.30. The molecule has 0 bridgehead atoms. The van der Waals surface area contributed by atoms with E-state index in [2.05, 4.69) is 4.72 Å². The molecule has 5 nitrogen and oxygen atoms in total. The summed E-state index contributed by atoms with van der Waals surface area (Å²) < 4.78 is 32.8. The highest BCUT2D eigenvalue weighted by molar-refractivity contribution is 7.89. The third-order valence-electron chi connectivity index (χ3n) is 3.18. The van der Waals surface area contributed by atoms with E-state index >= 15 is 0 Å². The molecule has 0 amide bonds. The zero-order valence-electron chi connectivity index (χ0n) is 12.4. The number of aliphatic hydroxyl groups is 1. The number of ether oxygens (including phenoxy) is 1. The molecule has 0 aliphatic carbocycles. The molecule has 1 aromatic carbocycles. The van der Waals surface area contributed by atoms with Crippen molar-refractivity contribution in [3.63, 3.8) is 0 Å². The first-order valence-electron chi connectivity index (χ1n) is 6.72. The molecule has 0 radical (unpaired) electrons. The van der Waals surface area contributed by atoms with Crippen LogP contribution in [0.4, 0.5) is 0 Å². The lowest BCUT2D eigenvalue weighted by Crippen LogP contribution is -2.37. The van der Waals surface area contributed by atoms with Gasteiger partial charge in [0.25, 0.3) is 0 Å². The smallest absolute Gasteiger partial charge is 0.244 e. The number of nitrogens with one attached hydrogen (secondary N) is 1. The minimum absolute atomic E-state index is 0.120. The van der Waals surface area contributed by atoms with Gasteiger partial charge in [-0.05, 0) is 50.5 Å². The number of aryl methyl sites for hydroxylation is 2.